The van der Waals surface area contributed by atoms with Gasteiger partial charge in [0.15, 0.2) is 0 Å². The number of nitrogens with one attached hydrogen (secondary N) is 1. The highest BCUT2D eigenvalue weighted by molar-refractivity contribution is 7.10. The summed E-state index contributed by atoms with van der Waals surface area (Å²) in [5.41, 5.74) is 0. The van der Waals surface area contributed by atoms with Gasteiger partial charge < -0.3 is 10.4 Å². The highest BCUT2D eigenvalue weighted by atomic mass is 35.5. The van der Waals surface area contributed by atoms with Gasteiger partial charge in [-0.25, -0.2) is 0 Å². The average molecular weight is 293 g/mol. The van der Waals surface area contributed by atoms with Crippen LogP contribution in [-0.2, 0) is 9.59 Å². The van der Waals surface area contributed by atoms with Crippen LogP contribution in [0.4, 0.5) is 0 Å². The van der Waals surface area contributed by atoms with Crippen molar-refractivity contribution >= 4 is 35.6 Å². The van der Waals surface area contributed by atoms with E-state index in [2.05, 4.69) is 5.32 Å². The van der Waals surface area contributed by atoms with E-state index in [0.717, 1.165) is 0 Å². The van der Waals surface area contributed by atoms with Crippen LogP contribution in [0, 0.1) is 0 Å². The van der Waals surface area contributed by atoms with Gasteiger partial charge in [0.2, 0.25) is 5.91 Å². The van der Waals surface area contributed by atoms with Crippen LogP contribution in [0.2, 0.25) is 0 Å². The Labute approximate surface area is 116 Å². The lowest BCUT2D eigenvalue weighted by Crippen LogP contribution is -2.38. The average Bonchev–Trinajstić information content (AvgIpc) is 2.78. The molecule has 0 saturated carbocycles. The molecule has 102 valence electrons. The first-order valence-corrected chi connectivity index (χ1v) is 6.11. The van der Waals surface area contributed by atoms with Crippen molar-refractivity contribution in [1.29, 1.82) is 0 Å². The molecule has 1 heterocycles. The van der Waals surface area contributed by atoms with E-state index >= 15 is 0 Å². The van der Waals surface area contributed by atoms with Crippen LogP contribution in [0.15, 0.2) is 17.5 Å². The molecule has 1 aromatic rings. The van der Waals surface area contributed by atoms with Crippen molar-refractivity contribution in [3.63, 3.8) is 0 Å². The number of halogens is 1. The van der Waals surface area contributed by atoms with E-state index in [-0.39, 0.29) is 37.4 Å². The molecule has 1 unspecified atom stereocenters. The van der Waals surface area contributed by atoms with Crippen LogP contribution < -0.4 is 5.32 Å². The SMILES string of the molecule is CC(c1cccs1)N(C)CC(=O)NCC(=O)O.Cl. The maximum Gasteiger partial charge on any atom is 0.322 e. The normalized spacial score (nSPS) is 11.7. The van der Waals surface area contributed by atoms with Gasteiger partial charge in [0.05, 0.1) is 6.54 Å². The highest BCUT2D eigenvalue weighted by Gasteiger charge is 2.15. The van der Waals surface area contributed by atoms with Crippen LogP contribution in [0.25, 0.3) is 0 Å². The summed E-state index contributed by atoms with van der Waals surface area (Å²) >= 11 is 1.64. The van der Waals surface area contributed by atoms with E-state index in [4.69, 9.17) is 5.11 Å². The third-order valence-corrected chi connectivity index (χ3v) is 3.49. The van der Waals surface area contributed by atoms with Crippen LogP contribution >= 0.6 is 23.7 Å². The predicted molar refractivity (Wildman–Crippen MR) is 73.3 cm³/mol. The van der Waals surface area contributed by atoms with Gasteiger partial charge in [-0.1, -0.05) is 6.07 Å². The van der Waals surface area contributed by atoms with Crippen molar-refractivity contribution in [1.82, 2.24) is 10.2 Å². The third-order valence-electron chi connectivity index (χ3n) is 2.45. The van der Waals surface area contributed by atoms with E-state index < -0.39 is 5.97 Å². The molecule has 0 aliphatic heterocycles. The molecule has 0 bridgehead atoms. The molecule has 1 rings (SSSR count). The summed E-state index contributed by atoms with van der Waals surface area (Å²) in [5, 5.41) is 12.8. The number of carboxylic acids is 1. The Morgan fingerprint density at radius 1 is 1.56 bits per heavy atom. The monoisotopic (exact) mass is 292 g/mol. The number of rotatable bonds is 6. The summed E-state index contributed by atoms with van der Waals surface area (Å²) in [5.74, 6) is -1.31. The Morgan fingerprint density at radius 3 is 2.72 bits per heavy atom. The number of amides is 1. The minimum atomic E-state index is -1.03. The Bertz CT molecular complexity index is 384. The van der Waals surface area contributed by atoms with Gasteiger partial charge >= 0.3 is 5.97 Å². The van der Waals surface area contributed by atoms with Gasteiger partial charge in [0.25, 0.3) is 0 Å². The number of carbonyl (C=O) groups excluding carboxylic acids is 1. The van der Waals surface area contributed by atoms with E-state index in [9.17, 15) is 9.59 Å². The first-order chi connectivity index (χ1) is 8.00. The third kappa shape index (κ3) is 5.48. The van der Waals surface area contributed by atoms with Crippen molar-refractivity contribution < 1.29 is 14.7 Å². The van der Waals surface area contributed by atoms with Gasteiger partial charge in [0, 0.05) is 10.9 Å². The maximum absolute atomic E-state index is 11.4. The van der Waals surface area contributed by atoms with Gasteiger partial charge in [-0.2, -0.15) is 0 Å². The second-order valence-electron chi connectivity index (χ2n) is 3.78. The van der Waals surface area contributed by atoms with Crippen LogP contribution in [0.1, 0.15) is 17.8 Å². The van der Waals surface area contributed by atoms with Gasteiger partial charge in [0.1, 0.15) is 6.54 Å². The molecule has 1 atom stereocenters. The molecule has 0 aliphatic carbocycles. The molecule has 7 heteroatoms. The second kappa shape index (κ2) is 8.07. The van der Waals surface area contributed by atoms with Crippen LogP contribution in [0.5, 0.6) is 0 Å². The van der Waals surface area contributed by atoms with E-state index in [1.807, 2.05) is 36.4 Å². The van der Waals surface area contributed by atoms with Crippen molar-refractivity contribution in [2.45, 2.75) is 13.0 Å². The molecule has 1 aromatic heterocycles. The first-order valence-electron chi connectivity index (χ1n) is 5.23. The number of carbonyl (C=O) groups is 2. The molecular weight excluding hydrogens is 276 g/mol. The van der Waals surface area contributed by atoms with Crippen LogP contribution in [0.3, 0.4) is 0 Å². The lowest BCUT2D eigenvalue weighted by molar-refractivity contribution is -0.138. The number of likely N-dealkylation sites (N-methyl/N-ethyl adjacent to an activating group) is 1. The summed E-state index contributed by atoms with van der Waals surface area (Å²) in [6.45, 7) is 1.86. The smallest absolute Gasteiger partial charge is 0.322 e. The number of nitrogens with zero attached hydrogens (tertiary/aromatic N) is 1. The minimum absolute atomic E-state index is 0. The summed E-state index contributed by atoms with van der Waals surface area (Å²) in [7, 11) is 1.84. The van der Waals surface area contributed by atoms with Gasteiger partial charge in [-0.3, -0.25) is 14.5 Å². The summed E-state index contributed by atoms with van der Waals surface area (Å²) < 4.78 is 0. The fraction of sp³-hybridized carbons (Fsp3) is 0.455. The molecule has 1 amide bonds. The van der Waals surface area contributed by atoms with Crippen molar-refractivity contribution in [2.75, 3.05) is 20.1 Å². The summed E-state index contributed by atoms with van der Waals surface area (Å²) in [4.78, 5) is 24.8. The Balaban J connectivity index is 0.00000289. The molecule has 18 heavy (non-hydrogen) atoms. The second-order valence-corrected chi connectivity index (χ2v) is 4.76. The highest BCUT2D eigenvalue weighted by Crippen LogP contribution is 2.22. The van der Waals surface area contributed by atoms with Gasteiger partial charge in [-0.05, 0) is 25.4 Å². The number of thiophene rings is 1. The number of aliphatic carboxylic acids is 1. The minimum Gasteiger partial charge on any atom is -0.480 e. The predicted octanol–water partition coefficient (Wildman–Crippen LogP) is 1.36. The maximum atomic E-state index is 11.4. The van der Waals surface area contributed by atoms with E-state index in [1.165, 1.54) is 4.88 Å². The molecular formula is C11H17ClN2O3S. The molecule has 0 spiro atoms. The topological polar surface area (TPSA) is 69.6 Å². The van der Waals surface area contributed by atoms with E-state index in [1.54, 1.807) is 11.3 Å². The first kappa shape index (κ1) is 16.9. The fourth-order valence-electron chi connectivity index (χ4n) is 1.34. The Kier molecular flexibility index (Phi) is 7.58. The molecule has 5 nitrogen and oxygen atoms in total. The lowest BCUT2D eigenvalue weighted by atomic mass is 10.2. The molecule has 0 aliphatic rings. The molecule has 0 aromatic carbocycles. The van der Waals surface area contributed by atoms with Crippen molar-refractivity contribution in [2.24, 2.45) is 0 Å². The quantitative estimate of drug-likeness (QED) is 0.831. The zero-order valence-corrected chi connectivity index (χ0v) is 11.9. The molecule has 0 radical (unpaired) electrons. The van der Waals surface area contributed by atoms with Crippen LogP contribution in [-0.4, -0.2) is 42.0 Å². The summed E-state index contributed by atoms with van der Waals surface area (Å²) in [6.07, 6.45) is 0. The fourth-order valence-corrected chi connectivity index (χ4v) is 2.19. The zero-order chi connectivity index (χ0) is 12.8. The molecule has 0 fully saturated rings. The zero-order valence-electron chi connectivity index (χ0n) is 10.3. The number of carboxylic acid groups (broad SMARTS) is 1. The lowest BCUT2D eigenvalue weighted by Gasteiger charge is -2.22. The molecule has 2 N–H and O–H groups in total. The largest absolute Gasteiger partial charge is 0.480 e. The standard InChI is InChI=1S/C11H16N2O3S.ClH/c1-8(9-4-3-5-17-9)13(2)7-10(14)12-6-11(15)16;/h3-5,8H,6-7H2,1-2H3,(H,12,14)(H,15,16);1H. The van der Waals surface area contributed by atoms with Crippen molar-refractivity contribution in [3.05, 3.63) is 22.4 Å². The number of hydrogen-bond donors (Lipinski definition) is 2. The van der Waals surface area contributed by atoms with Gasteiger partial charge in [-0.15, -0.1) is 23.7 Å². The number of hydrogen-bond acceptors (Lipinski definition) is 4. The Hall–Kier alpha value is -1.11. The van der Waals surface area contributed by atoms with Crippen molar-refractivity contribution in [3.8, 4) is 0 Å². The summed E-state index contributed by atoms with van der Waals surface area (Å²) in [6, 6.07) is 4.13. The van der Waals surface area contributed by atoms with E-state index in [0.29, 0.717) is 0 Å². The Morgan fingerprint density at radius 2 is 2.22 bits per heavy atom. The molecule has 0 saturated heterocycles.